The van der Waals surface area contributed by atoms with Gasteiger partial charge in [0.2, 0.25) is 0 Å². The third-order valence-electron chi connectivity index (χ3n) is 7.71. The van der Waals surface area contributed by atoms with E-state index in [2.05, 4.69) is 77.7 Å². The average molecular weight is 407 g/mol. The molecule has 2 atom stereocenters. The Morgan fingerprint density at radius 3 is 2.33 bits per heavy atom. The van der Waals surface area contributed by atoms with Gasteiger partial charge in [-0.1, -0.05) is 63.6 Å². The summed E-state index contributed by atoms with van der Waals surface area (Å²) in [6, 6.07) is 0.257. The second kappa shape index (κ2) is 9.12. The highest BCUT2D eigenvalue weighted by molar-refractivity contribution is 5.97. The smallest absolute Gasteiger partial charge is 0.119 e. The number of nitrogens with zero attached hydrogens (tertiary/aromatic N) is 1. The molecule has 0 bridgehead atoms. The van der Waals surface area contributed by atoms with Crippen molar-refractivity contribution < 1.29 is 0 Å². The van der Waals surface area contributed by atoms with Gasteiger partial charge >= 0.3 is 0 Å². The molecule has 164 valence electrons. The van der Waals surface area contributed by atoms with Gasteiger partial charge in [-0.05, 0) is 86.8 Å². The number of hydrogen-bond donors (Lipinski definition) is 1. The monoisotopic (exact) mass is 406 g/mol. The molecule has 3 aliphatic rings. The lowest BCUT2D eigenvalue weighted by atomic mass is 9.69. The zero-order valence-corrected chi connectivity index (χ0v) is 20.2. The second-order valence-electron chi connectivity index (χ2n) is 10.6. The maximum atomic E-state index is 4.70. The van der Waals surface area contributed by atoms with Crippen LogP contribution in [0.3, 0.4) is 0 Å². The minimum Gasteiger partial charge on any atom is -0.364 e. The van der Waals surface area contributed by atoms with Gasteiger partial charge in [-0.15, -0.1) is 0 Å². The summed E-state index contributed by atoms with van der Waals surface area (Å²) in [5.41, 5.74) is 7.85. The van der Waals surface area contributed by atoms with Crippen molar-refractivity contribution in [2.45, 2.75) is 99.0 Å². The van der Waals surface area contributed by atoms with Crippen LogP contribution < -0.4 is 5.32 Å². The van der Waals surface area contributed by atoms with Crippen molar-refractivity contribution in [3.8, 4) is 0 Å². The van der Waals surface area contributed by atoms with Crippen molar-refractivity contribution in [3.63, 3.8) is 0 Å². The predicted octanol–water partition coefficient (Wildman–Crippen LogP) is 7.82. The van der Waals surface area contributed by atoms with Gasteiger partial charge in [-0.25, -0.2) is 4.99 Å². The van der Waals surface area contributed by atoms with Crippen LogP contribution in [0.5, 0.6) is 0 Å². The molecular weight excluding hydrogens is 364 g/mol. The molecule has 0 spiro atoms. The first-order valence-corrected chi connectivity index (χ1v) is 11.9. The summed E-state index contributed by atoms with van der Waals surface area (Å²) in [6.07, 6.45) is 19.1. The lowest BCUT2D eigenvalue weighted by Gasteiger charge is -2.36. The van der Waals surface area contributed by atoms with E-state index in [0.717, 1.165) is 18.0 Å². The van der Waals surface area contributed by atoms with E-state index in [4.69, 9.17) is 4.99 Å². The van der Waals surface area contributed by atoms with E-state index in [0.29, 0.717) is 5.41 Å². The van der Waals surface area contributed by atoms with Crippen LogP contribution in [0.15, 0.2) is 64.0 Å². The van der Waals surface area contributed by atoms with E-state index >= 15 is 0 Å². The summed E-state index contributed by atoms with van der Waals surface area (Å²) in [7, 11) is 0. The molecule has 3 rings (SSSR count). The molecule has 1 heterocycles. The summed E-state index contributed by atoms with van der Waals surface area (Å²) in [5.74, 6) is 0.775. The van der Waals surface area contributed by atoms with E-state index in [9.17, 15) is 0 Å². The molecule has 2 aliphatic carbocycles. The van der Waals surface area contributed by atoms with Crippen molar-refractivity contribution in [2.24, 2.45) is 15.8 Å². The maximum Gasteiger partial charge on any atom is 0.119 e. The van der Waals surface area contributed by atoms with Crippen LogP contribution in [-0.2, 0) is 0 Å². The number of nitrogens with one attached hydrogen (secondary N) is 1. The third kappa shape index (κ3) is 5.07. The molecule has 0 fully saturated rings. The fraction of sp³-hybridized carbons (Fsp3) is 0.607. The Kier molecular flexibility index (Phi) is 6.95. The van der Waals surface area contributed by atoms with Crippen molar-refractivity contribution in [2.75, 3.05) is 0 Å². The van der Waals surface area contributed by atoms with Gasteiger partial charge in [-0.3, -0.25) is 0 Å². The molecule has 2 heteroatoms. The highest BCUT2D eigenvalue weighted by atomic mass is 15.1. The van der Waals surface area contributed by atoms with Crippen LogP contribution in [0, 0.1) is 10.8 Å². The van der Waals surface area contributed by atoms with E-state index in [1.165, 1.54) is 56.1 Å². The second-order valence-corrected chi connectivity index (χ2v) is 10.6. The molecule has 0 aromatic heterocycles. The van der Waals surface area contributed by atoms with Gasteiger partial charge in [0, 0.05) is 12.1 Å². The summed E-state index contributed by atoms with van der Waals surface area (Å²) >= 11 is 0. The molecule has 30 heavy (non-hydrogen) atoms. The quantitative estimate of drug-likeness (QED) is 0.494. The zero-order chi connectivity index (χ0) is 21.9. The largest absolute Gasteiger partial charge is 0.364 e. The van der Waals surface area contributed by atoms with Crippen LogP contribution in [-0.4, -0.2) is 11.8 Å². The van der Waals surface area contributed by atoms with Gasteiger partial charge in [0.15, 0.2) is 0 Å². The Morgan fingerprint density at radius 1 is 1.00 bits per heavy atom. The Bertz CT molecular complexity index is 831. The van der Waals surface area contributed by atoms with E-state index in [-0.39, 0.29) is 11.5 Å². The first kappa shape index (κ1) is 22.8. The fourth-order valence-electron chi connectivity index (χ4n) is 5.60. The minimum absolute atomic E-state index is 0.257. The molecule has 2 unspecified atom stereocenters. The van der Waals surface area contributed by atoms with Crippen molar-refractivity contribution in [1.29, 1.82) is 0 Å². The summed E-state index contributed by atoms with van der Waals surface area (Å²) in [4.78, 5) is 4.70. The van der Waals surface area contributed by atoms with Gasteiger partial charge in [-0.2, -0.15) is 0 Å². The lowest BCUT2D eigenvalue weighted by Crippen LogP contribution is -2.32. The molecule has 1 aliphatic heterocycles. The normalized spacial score (nSPS) is 30.3. The molecule has 2 nitrogen and oxygen atoms in total. The van der Waals surface area contributed by atoms with E-state index < -0.39 is 0 Å². The van der Waals surface area contributed by atoms with Crippen LogP contribution in [0.25, 0.3) is 0 Å². The number of aliphatic imine (C=N–C) groups is 1. The Morgan fingerprint density at radius 2 is 1.67 bits per heavy atom. The van der Waals surface area contributed by atoms with Crippen LogP contribution in [0.2, 0.25) is 0 Å². The van der Waals surface area contributed by atoms with E-state index in [1.54, 1.807) is 11.1 Å². The van der Waals surface area contributed by atoms with Crippen LogP contribution >= 0.6 is 0 Å². The Labute approximate surface area is 185 Å². The molecule has 0 saturated heterocycles. The van der Waals surface area contributed by atoms with Gasteiger partial charge < -0.3 is 5.32 Å². The lowest BCUT2D eigenvalue weighted by molar-refractivity contribution is 0.327. The molecule has 0 aromatic carbocycles. The Hall–Kier alpha value is -1.83. The average Bonchev–Trinajstić information content (AvgIpc) is 2.66. The zero-order valence-electron chi connectivity index (χ0n) is 20.2. The van der Waals surface area contributed by atoms with Crippen LogP contribution in [0.4, 0.5) is 0 Å². The standard InChI is InChI=1S/C28H42N2/c1-8-28(7)18-10-12-21(3)26(28)16-14-24-19-23(29-22(4)30-24)13-15-25-20(2)11-9-17-27(25,5)6/h13-16,24,30H,4,8-12,17-19H2,1-3,5-7H3/b15-13+,16-14+. The van der Waals surface area contributed by atoms with Crippen molar-refractivity contribution in [1.82, 2.24) is 5.32 Å². The summed E-state index contributed by atoms with van der Waals surface area (Å²) in [6.45, 7) is 18.2. The molecule has 0 saturated carbocycles. The number of rotatable bonds is 5. The number of allylic oxidation sites excluding steroid dienone is 7. The fourth-order valence-corrected chi connectivity index (χ4v) is 5.60. The highest BCUT2D eigenvalue weighted by Gasteiger charge is 2.30. The van der Waals surface area contributed by atoms with Gasteiger partial charge in [0.25, 0.3) is 0 Å². The van der Waals surface area contributed by atoms with Crippen molar-refractivity contribution in [3.05, 3.63) is 59.0 Å². The topological polar surface area (TPSA) is 24.4 Å². The summed E-state index contributed by atoms with van der Waals surface area (Å²) < 4.78 is 0. The molecule has 1 N–H and O–H groups in total. The molecule has 0 aromatic rings. The predicted molar refractivity (Wildman–Crippen MR) is 132 cm³/mol. The van der Waals surface area contributed by atoms with Crippen molar-refractivity contribution >= 4 is 5.71 Å². The number of hydrogen-bond acceptors (Lipinski definition) is 2. The molecule has 0 radical (unpaired) electrons. The first-order chi connectivity index (χ1) is 14.1. The van der Waals surface area contributed by atoms with Crippen LogP contribution in [0.1, 0.15) is 92.9 Å². The van der Waals surface area contributed by atoms with E-state index in [1.807, 2.05) is 0 Å². The molecule has 0 amide bonds. The van der Waals surface area contributed by atoms with Gasteiger partial charge in [0.1, 0.15) is 5.82 Å². The summed E-state index contributed by atoms with van der Waals surface area (Å²) in [5, 5.41) is 3.47. The Balaban J connectivity index is 1.76. The first-order valence-electron chi connectivity index (χ1n) is 11.9. The van der Waals surface area contributed by atoms with Gasteiger partial charge in [0.05, 0.1) is 6.04 Å². The maximum absolute atomic E-state index is 4.70. The highest BCUT2D eigenvalue weighted by Crippen LogP contribution is 2.44. The minimum atomic E-state index is 0.257. The molecular formula is C28H42N2. The SMILES string of the molecule is C=C1N=C(/C=C/C2=C(C)CCCC2(C)C)CC(/C=C/C2=C(C)CCCC2(C)CC)N1. The third-order valence-corrected chi connectivity index (χ3v) is 7.71.